The number of fused-ring (bicyclic) bond motifs is 1. The summed E-state index contributed by atoms with van der Waals surface area (Å²) >= 11 is 1.43. The van der Waals surface area contributed by atoms with Crippen LogP contribution in [-0.2, 0) is 7.05 Å². The summed E-state index contributed by atoms with van der Waals surface area (Å²) in [6.07, 6.45) is 2.49. The van der Waals surface area contributed by atoms with Crippen LogP contribution in [0.1, 0.15) is 15.9 Å². The summed E-state index contributed by atoms with van der Waals surface area (Å²) in [6, 6.07) is 16.8. The second-order valence-corrected chi connectivity index (χ2v) is 7.74. The number of hydrogen-bond donors (Lipinski definition) is 1. The normalized spacial score (nSPS) is 10.8. The molecule has 144 valence electrons. The van der Waals surface area contributed by atoms with Gasteiger partial charge in [-0.25, -0.2) is 4.98 Å². The molecule has 2 heterocycles. The highest BCUT2D eigenvalue weighted by Crippen LogP contribution is 2.27. The van der Waals surface area contributed by atoms with Gasteiger partial charge in [0.1, 0.15) is 11.9 Å². The molecular formula is C22H18N4O2S. The van der Waals surface area contributed by atoms with E-state index in [-0.39, 0.29) is 5.56 Å². The monoisotopic (exact) mass is 402 g/mol. The van der Waals surface area contributed by atoms with Gasteiger partial charge >= 0.3 is 0 Å². The Balaban J connectivity index is 1.66. The molecule has 6 nitrogen and oxygen atoms in total. The second kappa shape index (κ2) is 7.89. The third kappa shape index (κ3) is 4.05. The molecule has 0 aliphatic heterocycles. The molecule has 0 bridgehead atoms. The van der Waals surface area contributed by atoms with Crippen LogP contribution in [0.2, 0.25) is 0 Å². The number of carbonyl (C=O) groups is 1. The van der Waals surface area contributed by atoms with Gasteiger partial charge in [-0.3, -0.25) is 14.2 Å². The molecule has 0 fully saturated rings. The summed E-state index contributed by atoms with van der Waals surface area (Å²) in [5, 5.41) is 3.88. The fourth-order valence-corrected chi connectivity index (χ4v) is 3.79. The van der Waals surface area contributed by atoms with Crippen molar-refractivity contribution < 1.29 is 4.79 Å². The number of aldehydes is 1. The maximum absolute atomic E-state index is 12.8. The smallest absolute Gasteiger partial charge is 0.265 e. The topological polar surface area (TPSA) is 76.9 Å². The first kappa shape index (κ1) is 18.9. The number of benzene rings is 2. The second-order valence-electron chi connectivity index (χ2n) is 6.63. The largest absolute Gasteiger partial charge is 0.324 e. The third-order valence-corrected chi connectivity index (χ3v) is 5.49. The van der Waals surface area contributed by atoms with Crippen LogP contribution in [0.25, 0.3) is 11.0 Å². The van der Waals surface area contributed by atoms with Crippen molar-refractivity contribution >= 4 is 40.7 Å². The van der Waals surface area contributed by atoms with Crippen molar-refractivity contribution in [2.45, 2.75) is 16.7 Å². The number of aryl methyl sites for hydroxylation is 2. The molecule has 0 aliphatic carbocycles. The standard InChI is InChI=1S/C22H18N4O2S/c1-14-3-9-18(10-4-14)29-19-11-16-12-23-22(25-20(16)26(2)21(19)28)24-17-7-5-15(13-27)6-8-17/h3-13H,1-2H3,(H,23,24,25). The van der Waals surface area contributed by atoms with E-state index in [1.165, 1.54) is 21.9 Å². The maximum Gasteiger partial charge on any atom is 0.265 e. The minimum absolute atomic E-state index is 0.108. The first-order valence-electron chi connectivity index (χ1n) is 8.97. The van der Waals surface area contributed by atoms with Crippen molar-refractivity contribution in [2.24, 2.45) is 7.05 Å². The van der Waals surface area contributed by atoms with Gasteiger partial charge in [-0.05, 0) is 49.4 Å². The quantitative estimate of drug-likeness (QED) is 0.500. The summed E-state index contributed by atoms with van der Waals surface area (Å²) in [4.78, 5) is 34.1. The Bertz CT molecular complexity index is 1250. The molecule has 0 saturated carbocycles. The lowest BCUT2D eigenvalue weighted by Gasteiger charge is -2.10. The Morgan fingerprint density at radius 1 is 1.07 bits per heavy atom. The van der Waals surface area contributed by atoms with E-state index in [4.69, 9.17) is 0 Å². The van der Waals surface area contributed by atoms with Gasteiger partial charge in [-0.1, -0.05) is 29.5 Å². The molecule has 0 aliphatic rings. The zero-order valence-corrected chi connectivity index (χ0v) is 16.7. The van der Waals surface area contributed by atoms with Gasteiger partial charge in [-0.15, -0.1) is 0 Å². The Morgan fingerprint density at radius 3 is 2.48 bits per heavy atom. The molecule has 1 N–H and O–H groups in total. The maximum atomic E-state index is 12.8. The Kier molecular flexibility index (Phi) is 5.14. The van der Waals surface area contributed by atoms with E-state index in [2.05, 4.69) is 15.3 Å². The predicted octanol–water partition coefficient (Wildman–Crippen LogP) is 4.34. The van der Waals surface area contributed by atoms with Crippen LogP contribution in [0.15, 0.2) is 75.4 Å². The van der Waals surface area contributed by atoms with Crippen molar-refractivity contribution in [1.82, 2.24) is 14.5 Å². The Morgan fingerprint density at radius 2 is 1.79 bits per heavy atom. The molecule has 0 spiro atoms. The van der Waals surface area contributed by atoms with Crippen molar-refractivity contribution in [3.63, 3.8) is 0 Å². The van der Waals surface area contributed by atoms with Crippen LogP contribution in [-0.4, -0.2) is 20.8 Å². The molecule has 0 amide bonds. The van der Waals surface area contributed by atoms with Crippen LogP contribution < -0.4 is 10.9 Å². The molecule has 0 atom stereocenters. The van der Waals surface area contributed by atoms with Gasteiger partial charge < -0.3 is 5.32 Å². The lowest BCUT2D eigenvalue weighted by atomic mass is 10.2. The minimum Gasteiger partial charge on any atom is -0.324 e. The molecule has 29 heavy (non-hydrogen) atoms. The lowest BCUT2D eigenvalue weighted by molar-refractivity contribution is 0.112. The summed E-state index contributed by atoms with van der Waals surface area (Å²) in [6.45, 7) is 2.03. The van der Waals surface area contributed by atoms with Crippen LogP contribution in [0.4, 0.5) is 11.6 Å². The van der Waals surface area contributed by atoms with E-state index in [0.29, 0.717) is 22.1 Å². The first-order valence-corrected chi connectivity index (χ1v) is 9.79. The van der Waals surface area contributed by atoms with Crippen molar-refractivity contribution in [3.05, 3.63) is 82.3 Å². The van der Waals surface area contributed by atoms with E-state index >= 15 is 0 Å². The number of aromatic nitrogens is 3. The highest BCUT2D eigenvalue weighted by Gasteiger charge is 2.11. The summed E-state index contributed by atoms with van der Waals surface area (Å²) in [5.41, 5.74) is 2.96. The first-order chi connectivity index (χ1) is 14.0. The van der Waals surface area contributed by atoms with E-state index in [9.17, 15) is 9.59 Å². The van der Waals surface area contributed by atoms with Crippen molar-refractivity contribution in [3.8, 4) is 0 Å². The average molecular weight is 402 g/mol. The van der Waals surface area contributed by atoms with E-state index in [0.717, 1.165) is 22.3 Å². The number of hydrogen-bond acceptors (Lipinski definition) is 6. The Hall–Kier alpha value is -3.45. The van der Waals surface area contributed by atoms with E-state index in [1.54, 1.807) is 37.5 Å². The number of pyridine rings is 1. The van der Waals surface area contributed by atoms with Gasteiger partial charge in [0.25, 0.3) is 5.56 Å². The SMILES string of the molecule is Cc1ccc(Sc2cc3cnc(Nc4ccc(C=O)cc4)nc3n(C)c2=O)cc1. The van der Waals surface area contributed by atoms with Gasteiger partial charge in [0.15, 0.2) is 0 Å². The summed E-state index contributed by atoms with van der Waals surface area (Å²) < 4.78 is 1.54. The number of rotatable bonds is 5. The summed E-state index contributed by atoms with van der Waals surface area (Å²) in [5.74, 6) is 0.380. The number of carbonyl (C=O) groups excluding carboxylic acids is 1. The molecule has 0 unspecified atom stereocenters. The fourth-order valence-electron chi connectivity index (χ4n) is 2.86. The molecule has 0 radical (unpaired) electrons. The van der Waals surface area contributed by atoms with Crippen molar-refractivity contribution in [2.75, 3.05) is 5.32 Å². The number of anilines is 2. The minimum atomic E-state index is -0.108. The van der Waals surface area contributed by atoms with Crippen LogP contribution in [0.3, 0.4) is 0 Å². The van der Waals surface area contributed by atoms with Crippen LogP contribution >= 0.6 is 11.8 Å². The van der Waals surface area contributed by atoms with Crippen molar-refractivity contribution in [1.29, 1.82) is 0 Å². The molecule has 4 rings (SSSR count). The molecule has 2 aromatic carbocycles. The molecule has 7 heteroatoms. The van der Waals surface area contributed by atoms with Gasteiger partial charge in [0.2, 0.25) is 5.95 Å². The zero-order chi connectivity index (χ0) is 20.4. The predicted molar refractivity (Wildman–Crippen MR) is 115 cm³/mol. The highest BCUT2D eigenvalue weighted by atomic mass is 32.2. The van der Waals surface area contributed by atoms with E-state index in [1.807, 2.05) is 37.3 Å². The molecular weight excluding hydrogens is 384 g/mol. The van der Waals surface area contributed by atoms with Crippen LogP contribution in [0.5, 0.6) is 0 Å². The average Bonchev–Trinajstić information content (AvgIpc) is 2.74. The lowest BCUT2D eigenvalue weighted by Crippen LogP contribution is -2.19. The molecule has 4 aromatic rings. The van der Waals surface area contributed by atoms with Gasteiger partial charge in [-0.2, -0.15) is 4.98 Å². The van der Waals surface area contributed by atoms with E-state index < -0.39 is 0 Å². The third-order valence-electron chi connectivity index (χ3n) is 4.47. The van der Waals surface area contributed by atoms with Crippen LogP contribution in [0, 0.1) is 6.92 Å². The van der Waals surface area contributed by atoms with Gasteiger partial charge in [0.05, 0.1) is 4.90 Å². The molecule has 0 saturated heterocycles. The highest BCUT2D eigenvalue weighted by molar-refractivity contribution is 7.99. The fraction of sp³-hybridized carbons (Fsp3) is 0.0909. The van der Waals surface area contributed by atoms with Gasteiger partial charge in [0, 0.05) is 34.8 Å². The number of nitrogens with one attached hydrogen (secondary N) is 1. The number of nitrogens with zero attached hydrogens (tertiary/aromatic N) is 3. The zero-order valence-electron chi connectivity index (χ0n) is 15.9. The molecule has 2 aromatic heterocycles. The Labute approximate surface area is 171 Å². The summed E-state index contributed by atoms with van der Waals surface area (Å²) in [7, 11) is 1.71.